The molecule has 1 aromatic rings. The van der Waals surface area contributed by atoms with Crippen molar-refractivity contribution >= 4 is 17.7 Å². The maximum Gasteiger partial charge on any atom is 0.410 e. The maximum absolute atomic E-state index is 12.2. The Morgan fingerprint density at radius 3 is 2.42 bits per heavy atom. The van der Waals surface area contributed by atoms with Crippen molar-refractivity contribution in [1.29, 1.82) is 0 Å². The van der Waals surface area contributed by atoms with E-state index in [0.29, 0.717) is 25.6 Å². The van der Waals surface area contributed by atoms with Crippen molar-refractivity contribution in [2.45, 2.75) is 46.6 Å². The van der Waals surface area contributed by atoms with Gasteiger partial charge in [0.25, 0.3) is 0 Å². The Bertz CT molecular complexity index is 547. The lowest BCUT2D eigenvalue weighted by Crippen LogP contribution is -2.39. The van der Waals surface area contributed by atoms with Gasteiger partial charge >= 0.3 is 6.09 Å². The van der Waals surface area contributed by atoms with Gasteiger partial charge in [-0.1, -0.05) is 24.6 Å². The fourth-order valence-electron chi connectivity index (χ4n) is 2.01. The summed E-state index contributed by atoms with van der Waals surface area (Å²) >= 11 is 0. The molecule has 3 N–H and O–H groups in total. The van der Waals surface area contributed by atoms with Gasteiger partial charge in [0.2, 0.25) is 0 Å². The SMILES string of the molecule is CCCN(CCN=C(N)Nc1ccc(C)cc1)C(=O)OC(C)(C)C. The molecule has 0 saturated heterocycles. The molecular formula is C18H30N4O2. The summed E-state index contributed by atoms with van der Waals surface area (Å²) in [6.07, 6.45) is 0.546. The van der Waals surface area contributed by atoms with Gasteiger partial charge in [0.05, 0.1) is 6.54 Å². The van der Waals surface area contributed by atoms with Crippen molar-refractivity contribution in [2.75, 3.05) is 25.0 Å². The molecule has 1 aromatic carbocycles. The van der Waals surface area contributed by atoms with Crippen LogP contribution in [0.15, 0.2) is 29.3 Å². The highest BCUT2D eigenvalue weighted by atomic mass is 16.6. The molecule has 0 unspecified atom stereocenters. The average Bonchev–Trinajstić information content (AvgIpc) is 2.47. The van der Waals surface area contributed by atoms with Crippen LogP contribution in [0.25, 0.3) is 0 Å². The Kier molecular flexibility index (Phi) is 7.55. The molecule has 0 saturated carbocycles. The van der Waals surface area contributed by atoms with Crippen LogP contribution in [0.5, 0.6) is 0 Å². The van der Waals surface area contributed by atoms with Crippen molar-refractivity contribution in [3.8, 4) is 0 Å². The molecule has 0 aliphatic rings. The van der Waals surface area contributed by atoms with Crippen LogP contribution < -0.4 is 11.1 Å². The molecular weight excluding hydrogens is 304 g/mol. The highest BCUT2D eigenvalue weighted by Crippen LogP contribution is 2.10. The molecule has 0 atom stereocenters. The minimum atomic E-state index is -0.502. The second kappa shape index (κ2) is 9.15. The molecule has 24 heavy (non-hydrogen) atoms. The summed E-state index contributed by atoms with van der Waals surface area (Å²) in [6.45, 7) is 11.1. The number of nitrogens with zero attached hydrogens (tertiary/aromatic N) is 2. The van der Waals surface area contributed by atoms with Gasteiger partial charge in [0, 0.05) is 18.8 Å². The molecule has 0 spiro atoms. The topological polar surface area (TPSA) is 80.0 Å². The van der Waals surface area contributed by atoms with Crippen LogP contribution in [0.1, 0.15) is 39.7 Å². The predicted octanol–water partition coefficient (Wildman–Crippen LogP) is 3.37. The number of nitrogens with one attached hydrogen (secondary N) is 1. The number of carbonyl (C=O) groups is 1. The van der Waals surface area contributed by atoms with Crippen LogP contribution in [0, 0.1) is 6.92 Å². The Morgan fingerprint density at radius 1 is 1.25 bits per heavy atom. The molecule has 0 aromatic heterocycles. The number of aryl methyl sites for hydroxylation is 1. The summed E-state index contributed by atoms with van der Waals surface area (Å²) in [6, 6.07) is 7.89. The zero-order chi connectivity index (χ0) is 18.2. The number of nitrogens with two attached hydrogens (primary N) is 1. The Labute approximate surface area is 145 Å². The third kappa shape index (κ3) is 7.85. The van der Waals surface area contributed by atoms with E-state index in [1.165, 1.54) is 5.56 Å². The lowest BCUT2D eigenvalue weighted by molar-refractivity contribution is 0.0256. The van der Waals surface area contributed by atoms with Gasteiger partial charge in [-0.25, -0.2) is 4.79 Å². The fourth-order valence-corrected chi connectivity index (χ4v) is 2.01. The zero-order valence-electron chi connectivity index (χ0n) is 15.4. The summed E-state index contributed by atoms with van der Waals surface area (Å²) in [4.78, 5) is 18.1. The minimum Gasteiger partial charge on any atom is -0.444 e. The minimum absolute atomic E-state index is 0.315. The van der Waals surface area contributed by atoms with Gasteiger partial charge < -0.3 is 20.7 Å². The summed E-state index contributed by atoms with van der Waals surface area (Å²) in [5.74, 6) is 0.333. The van der Waals surface area contributed by atoms with E-state index in [0.717, 1.165) is 12.1 Å². The largest absolute Gasteiger partial charge is 0.444 e. The van der Waals surface area contributed by atoms with Crippen LogP contribution in [0.3, 0.4) is 0 Å². The van der Waals surface area contributed by atoms with E-state index in [1.807, 2.05) is 58.9 Å². The first-order valence-electron chi connectivity index (χ1n) is 8.33. The normalized spacial score (nSPS) is 12.0. The van der Waals surface area contributed by atoms with E-state index in [9.17, 15) is 4.79 Å². The van der Waals surface area contributed by atoms with Crippen LogP contribution in [0.4, 0.5) is 10.5 Å². The molecule has 0 aliphatic heterocycles. The molecule has 1 amide bonds. The molecule has 0 bridgehead atoms. The molecule has 6 nitrogen and oxygen atoms in total. The van der Waals surface area contributed by atoms with Crippen LogP contribution in [0.2, 0.25) is 0 Å². The summed E-state index contributed by atoms with van der Waals surface area (Å²) in [5, 5.41) is 3.04. The lowest BCUT2D eigenvalue weighted by Gasteiger charge is -2.26. The van der Waals surface area contributed by atoms with Gasteiger partial charge in [0.15, 0.2) is 5.96 Å². The number of anilines is 1. The van der Waals surface area contributed by atoms with Crippen LogP contribution in [-0.2, 0) is 4.74 Å². The Balaban J connectivity index is 2.53. The number of hydrogen-bond acceptors (Lipinski definition) is 3. The van der Waals surface area contributed by atoms with Crippen molar-refractivity contribution < 1.29 is 9.53 Å². The first-order valence-corrected chi connectivity index (χ1v) is 8.33. The zero-order valence-corrected chi connectivity index (χ0v) is 15.4. The first-order chi connectivity index (χ1) is 11.2. The van der Waals surface area contributed by atoms with E-state index < -0.39 is 5.60 Å². The number of ether oxygens (including phenoxy) is 1. The Morgan fingerprint density at radius 2 is 1.88 bits per heavy atom. The van der Waals surface area contributed by atoms with E-state index in [-0.39, 0.29) is 6.09 Å². The van der Waals surface area contributed by atoms with Crippen LogP contribution >= 0.6 is 0 Å². The van der Waals surface area contributed by atoms with Gasteiger partial charge in [-0.15, -0.1) is 0 Å². The van der Waals surface area contributed by atoms with Gasteiger partial charge in [-0.3, -0.25) is 4.99 Å². The predicted molar refractivity (Wildman–Crippen MR) is 99.4 cm³/mol. The monoisotopic (exact) mass is 334 g/mol. The number of carbonyl (C=O) groups excluding carboxylic acids is 1. The number of hydrogen-bond donors (Lipinski definition) is 2. The highest BCUT2D eigenvalue weighted by molar-refractivity contribution is 5.92. The number of amides is 1. The van der Waals surface area contributed by atoms with E-state index in [2.05, 4.69) is 10.3 Å². The van der Waals surface area contributed by atoms with Crippen molar-refractivity contribution in [2.24, 2.45) is 10.7 Å². The van der Waals surface area contributed by atoms with Crippen LogP contribution in [-0.4, -0.2) is 42.2 Å². The third-order valence-electron chi connectivity index (χ3n) is 3.12. The lowest BCUT2D eigenvalue weighted by atomic mass is 10.2. The van der Waals surface area contributed by atoms with Gasteiger partial charge in [-0.05, 0) is 46.2 Å². The highest BCUT2D eigenvalue weighted by Gasteiger charge is 2.21. The maximum atomic E-state index is 12.2. The van der Waals surface area contributed by atoms with Gasteiger partial charge in [0.1, 0.15) is 5.60 Å². The molecule has 0 heterocycles. The molecule has 1 rings (SSSR count). The summed E-state index contributed by atoms with van der Waals surface area (Å²) in [7, 11) is 0. The number of aliphatic imine (C=N–C) groups is 1. The summed E-state index contributed by atoms with van der Waals surface area (Å²) in [5.41, 5.74) is 7.46. The molecule has 0 fully saturated rings. The summed E-state index contributed by atoms with van der Waals surface area (Å²) < 4.78 is 5.41. The molecule has 6 heteroatoms. The molecule has 0 aliphatic carbocycles. The van der Waals surface area contributed by atoms with E-state index in [1.54, 1.807) is 4.90 Å². The quantitative estimate of drug-likeness (QED) is 0.617. The number of benzene rings is 1. The number of guanidine groups is 1. The fraction of sp³-hybridized carbons (Fsp3) is 0.556. The average molecular weight is 334 g/mol. The molecule has 0 radical (unpaired) electrons. The first kappa shape index (κ1) is 19.8. The van der Waals surface area contributed by atoms with Crippen molar-refractivity contribution in [3.63, 3.8) is 0 Å². The van der Waals surface area contributed by atoms with E-state index >= 15 is 0 Å². The third-order valence-corrected chi connectivity index (χ3v) is 3.12. The van der Waals surface area contributed by atoms with E-state index in [4.69, 9.17) is 10.5 Å². The van der Waals surface area contributed by atoms with Crippen molar-refractivity contribution in [3.05, 3.63) is 29.8 Å². The van der Waals surface area contributed by atoms with Crippen molar-refractivity contribution in [1.82, 2.24) is 4.90 Å². The standard InChI is InChI=1S/C18H30N4O2/c1-6-12-22(17(23)24-18(3,4)5)13-11-20-16(19)21-15-9-7-14(2)8-10-15/h7-10H,6,11-13H2,1-5H3,(H3,19,20,21). The second-order valence-corrected chi connectivity index (χ2v) is 6.73. The number of rotatable bonds is 6. The molecule has 134 valence electrons. The van der Waals surface area contributed by atoms with Gasteiger partial charge in [-0.2, -0.15) is 0 Å². The Hall–Kier alpha value is -2.24. The second-order valence-electron chi connectivity index (χ2n) is 6.73. The smallest absolute Gasteiger partial charge is 0.410 e.